The highest BCUT2D eigenvalue weighted by molar-refractivity contribution is 6.02. The first-order valence-corrected chi connectivity index (χ1v) is 6.06. The molecule has 0 radical (unpaired) electrons. The first-order valence-electron chi connectivity index (χ1n) is 6.06. The molecule has 0 N–H and O–H groups in total. The van der Waals surface area contributed by atoms with Crippen LogP contribution in [0.4, 0.5) is 4.39 Å². The summed E-state index contributed by atoms with van der Waals surface area (Å²) in [6.07, 6.45) is 0.817. The van der Waals surface area contributed by atoms with Crippen molar-refractivity contribution in [2.75, 3.05) is 6.54 Å². The van der Waals surface area contributed by atoms with Crippen LogP contribution in [0.15, 0.2) is 41.4 Å². The van der Waals surface area contributed by atoms with Crippen LogP contribution < -0.4 is 0 Å². The zero-order valence-electron chi connectivity index (χ0n) is 10.4. The Kier molecular flexibility index (Phi) is 3.41. The van der Waals surface area contributed by atoms with Crippen molar-refractivity contribution >= 4 is 5.71 Å². The maximum Gasteiger partial charge on any atom is 0.132 e. The molecule has 1 aromatic carbocycles. The molecular weight excluding hydrogens is 213 g/mol. The monoisotopic (exact) mass is 231 g/mol. The van der Waals surface area contributed by atoms with E-state index in [9.17, 15) is 4.39 Å². The Labute approximate surface area is 102 Å². The van der Waals surface area contributed by atoms with Crippen molar-refractivity contribution in [1.82, 2.24) is 0 Å². The van der Waals surface area contributed by atoms with Crippen LogP contribution in [0.5, 0.6) is 0 Å². The smallest absolute Gasteiger partial charge is 0.132 e. The third kappa shape index (κ3) is 2.46. The molecule has 17 heavy (non-hydrogen) atoms. The van der Waals surface area contributed by atoms with E-state index in [0.29, 0.717) is 17.4 Å². The van der Waals surface area contributed by atoms with Crippen molar-refractivity contribution in [3.05, 3.63) is 47.8 Å². The van der Waals surface area contributed by atoms with Crippen LogP contribution in [0.1, 0.15) is 25.8 Å². The van der Waals surface area contributed by atoms with Gasteiger partial charge in [0, 0.05) is 23.7 Å². The minimum absolute atomic E-state index is 0.179. The first-order chi connectivity index (χ1) is 8.09. The average molecular weight is 231 g/mol. The van der Waals surface area contributed by atoms with Gasteiger partial charge in [0.15, 0.2) is 0 Å². The molecule has 0 saturated heterocycles. The molecule has 0 spiro atoms. The number of benzene rings is 1. The van der Waals surface area contributed by atoms with E-state index in [-0.39, 0.29) is 5.82 Å². The highest BCUT2D eigenvalue weighted by Gasteiger charge is 2.24. The summed E-state index contributed by atoms with van der Waals surface area (Å²) in [6.45, 7) is 9.15. The van der Waals surface area contributed by atoms with E-state index in [2.05, 4.69) is 25.4 Å². The molecule has 0 fully saturated rings. The Bertz CT molecular complexity index is 460. The number of hydrogen-bond acceptors (Lipinski definition) is 1. The summed E-state index contributed by atoms with van der Waals surface area (Å²) >= 11 is 0. The lowest BCUT2D eigenvalue weighted by molar-refractivity contribution is 0.593. The summed E-state index contributed by atoms with van der Waals surface area (Å²) in [7, 11) is 0. The van der Waals surface area contributed by atoms with Gasteiger partial charge in [-0.05, 0) is 18.4 Å². The van der Waals surface area contributed by atoms with Crippen molar-refractivity contribution in [2.45, 2.75) is 20.3 Å². The van der Waals surface area contributed by atoms with Crippen molar-refractivity contribution in [3.8, 4) is 0 Å². The van der Waals surface area contributed by atoms with Gasteiger partial charge in [-0.2, -0.15) is 0 Å². The molecule has 1 heterocycles. The Hall–Kier alpha value is -1.44. The van der Waals surface area contributed by atoms with Crippen LogP contribution in [0, 0.1) is 17.7 Å². The lowest BCUT2D eigenvalue weighted by Gasteiger charge is -2.16. The number of aliphatic imine (C=N–C) groups is 1. The van der Waals surface area contributed by atoms with Gasteiger partial charge in [0.2, 0.25) is 0 Å². The van der Waals surface area contributed by atoms with Crippen LogP contribution in [-0.4, -0.2) is 12.3 Å². The molecule has 0 saturated carbocycles. The SMILES string of the molecule is C=C(C(C)C)C1CN=C(c2ccccc2F)C1. The van der Waals surface area contributed by atoms with Crippen molar-refractivity contribution in [3.63, 3.8) is 0 Å². The second-order valence-electron chi connectivity index (χ2n) is 4.90. The lowest BCUT2D eigenvalue weighted by atomic mass is 9.88. The van der Waals surface area contributed by atoms with E-state index < -0.39 is 0 Å². The molecule has 1 nitrogen and oxygen atoms in total. The van der Waals surface area contributed by atoms with Gasteiger partial charge in [0.05, 0.1) is 0 Å². The minimum atomic E-state index is -0.179. The number of hydrogen-bond donors (Lipinski definition) is 0. The Morgan fingerprint density at radius 1 is 1.41 bits per heavy atom. The Morgan fingerprint density at radius 2 is 2.12 bits per heavy atom. The molecule has 1 aliphatic rings. The van der Waals surface area contributed by atoms with E-state index in [0.717, 1.165) is 18.7 Å². The third-order valence-corrected chi connectivity index (χ3v) is 3.39. The fourth-order valence-corrected chi connectivity index (χ4v) is 2.19. The van der Waals surface area contributed by atoms with Gasteiger partial charge in [-0.15, -0.1) is 0 Å². The second-order valence-corrected chi connectivity index (χ2v) is 4.90. The standard InChI is InChI=1S/C15H18FN/c1-10(2)11(3)12-8-15(17-9-12)13-6-4-5-7-14(13)16/h4-7,10,12H,3,8-9H2,1-2H3. The van der Waals surface area contributed by atoms with Crippen LogP contribution in [0.25, 0.3) is 0 Å². The Balaban J connectivity index is 2.13. The largest absolute Gasteiger partial charge is 0.288 e. The van der Waals surface area contributed by atoms with Gasteiger partial charge < -0.3 is 0 Å². The van der Waals surface area contributed by atoms with Crippen LogP contribution in [0.2, 0.25) is 0 Å². The predicted molar refractivity (Wildman–Crippen MR) is 69.9 cm³/mol. The molecular formula is C15H18FN. The molecule has 0 amide bonds. The van der Waals surface area contributed by atoms with Crippen LogP contribution in [0.3, 0.4) is 0 Å². The fraction of sp³-hybridized carbons (Fsp3) is 0.400. The molecule has 0 aliphatic carbocycles. The van der Waals surface area contributed by atoms with Crippen molar-refractivity contribution < 1.29 is 4.39 Å². The summed E-state index contributed by atoms with van der Waals surface area (Å²) in [5.74, 6) is 0.668. The average Bonchev–Trinajstić information content (AvgIpc) is 2.77. The molecule has 0 bridgehead atoms. The van der Waals surface area contributed by atoms with Crippen LogP contribution in [-0.2, 0) is 0 Å². The normalized spacial score (nSPS) is 19.5. The molecule has 1 unspecified atom stereocenters. The van der Waals surface area contributed by atoms with Gasteiger partial charge in [-0.3, -0.25) is 4.99 Å². The summed E-state index contributed by atoms with van der Waals surface area (Å²) in [4.78, 5) is 4.47. The molecule has 0 aromatic heterocycles. The Morgan fingerprint density at radius 3 is 2.76 bits per heavy atom. The molecule has 1 aliphatic heterocycles. The van der Waals surface area contributed by atoms with E-state index in [1.165, 1.54) is 11.6 Å². The zero-order valence-corrected chi connectivity index (χ0v) is 10.4. The van der Waals surface area contributed by atoms with E-state index >= 15 is 0 Å². The lowest BCUT2D eigenvalue weighted by Crippen LogP contribution is -2.10. The topological polar surface area (TPSA) is 12.4 Å². The quantitative estimate of drug-likeness (QED) is 0.701. The number of nitrogens with zero attached hydrogens (tertiary/aromatic N) is 1. The minimum Gasteiger partial charge on any atom is -0.288 e. The third-order valence-electron chi connectivity index (χ3n) is 3.39. The molecule has 2 rings (SSSR count). The molecule has 1 atom stereocenters. The van der Waals surface area contributed by atoms with Gasteiger partial charge >= 0.3 is 0 Å². The highest BCUT2D eigenvalue weighted by Crippen LogP contribution is 2.28. The van der Waals surface area contributed by atoms with E-state index in [1.807, 2.05) is 6.07 Å². The van der Waals surface area contributed by atoms with Gasteiger partial charge in [0.1, 0.15) is 5.82 Å². The van der Waals surface area contributed by atoms with Crippen LogP contribution >= 0.6 is 0 Å². The predicted octanol–water partition coefficient (Wildman–Crippen LogP) is 3.85. The van der Waals surface area contributed by atoms with Gasteiger partial charge in [-0.1, -0.05) is 44.2 Å². The van der Waals surface area contributed by atoms with E-state index in [1.54, 1.807) is 12.1 Å². The molecule has 2 heteroatoms. The second kappa shape index (κ2) is 4.82. The summed E-state index contributed by atoms with van der Waals surface area (Å²) < 4.78 is 13.6. The van der Waals surface area contributed by atoms with Gasteiger partial charge in [0.25, 0.3) is 0 Å². The maximum absolute atomic E-state index is 13.6. The molecule has 1 aromatic rings. The number of rotatable bonds is 3. The summed E-state index contributed by atoms with van der Waals surface area (Å²) in [5, 5.41) is 0. The summed E-state index contributed by atoms with van der Waals surface area (Å²) in [6, 6.07) is 6.85. The maximum atomic E-state index is 13.6. The van der Waals surface area contributed by atoms with E-state index in [4.69, 9.17) is 0 Å². The summed E-state index contributed by atoms with van der Waals surface area (Å²) in [5.41, 5.74) is 2.75. The highest BCUT2D eigenvalue weighted by atomic mass is 19.1. The van der Waals surface area contributed by atoms with Crippen molar-refractivity contribution in [1.29, 1.82) is 0 Å². The van der Waals surface area contributed by atoms with Crippen molar-refractivity contribution in [2.24, 2.45) is 16.8 Å². The molecule has 90 valence electrons. The number of halogens is 1. The van der Waals surface area contributed by atoms with Gasteiger partial charge in [-0.25, -0.2) is 4.39 Å². The first kappa shape index (κ1) is 12.0. The fourth-order valence-electron chi connectivity index (χ4n) is 2.19. The zero-order chi connectivity index (χ0) is 12.4.